The Bertz CT molecular complexity index is 900. The number of amides is 1. The normalized spacial score (nSPS) is 16.4. The fraction of sp³-hybridized carbons (Fsp3) is 0.500. The molecule has 7 heteroatoms. The van der Waals surface area contributed by atoms with E-state index in [1.54, 1.807) is 18.4 Å². The third-order valence-electron chi connectivity index (χ3n) is 5.94. The number of ether oxygens (including phenoxy) is 2. The molecule has 0 saturated carbocycles. The Morgan fingerprint density at radius 1 is 1.39 bits per heavy atom. The van der Waals surface area contributed by atoms with E-state index in [2.05, 4.69) is 29.8 Å². The highest BCUT2D eigenvalue weighted by molar-refractivity contribution is 7.10. The fourth-order valence-corrected chi connectivity index (χ4v) is 5.20. The van der Waals surface area contributed by atoms with Crippen LogP contribution in [0.1, 0.15) is 42.7 Å². The lowest BCUT2D eigenvalue weighted by atomic mass is 10.0. The molecule has 0 aliphatic carbocycles. The molecule has 33 heavy (non-hydrogen) atoms. The van der Waals surface area contributed by atoms with Crippen LogP contribution in [0.15, 0.2) is 48.4 Å². The number of nitrogens with zero attached hydrogens (tertiary/aromatic N) is 2. The van der Waals surface area contributed by atoms with Gasteiger partial charge in [-0.05, 0) is 61.4 Å². The lowest BCUT2D eigenvalue weighted by Crippen LogP contribution is -2.47. The Kier molecular flexibility index (Phi) is 9.78. The third-order valence-corrected chi connectivity index (χ3v) is 6.93. The van der Waals surface area contributed by atoms with Crippen molar-refractivity contribution in [2.75, 3.05) is 39.9 Å². The average Bonchev–Trinajstić information content (AvgIpc) is 3.30. The molecule has 0 fully saturated rings. The van der Waals surface area contributed by atoms with E-state index < -0.39 is 6.10 Å². The van der Waals surface area contributed by atoms with Crippen LogP contribution >= 0.6 is 11.3 Å². The van der Waals surface area contributed by atoms with Crippen LogP contribution < -0.4 is 9.47 Å². The molecule has 1 aromatic heterocycles. The van der Waals surface area contributed by atoms with Crippen LogP contribution in [0.4, 0.5) is 0 Å². The molecule has 1 aliphatic heterocycles. The zero-order valence-corrected chi connectivity index (χ0v) is 20.6. The number of aliphatic hydroxyl groups is 1. The SMILES string of the molecule is C=CCC[C@H](O)CN(CCC)CC(=O)N1CCc2sccc2[C@H]1COc1cccc(OC)c1. The molecule has 0 bridgehead atoms. The summed E-state index contributed by atoms with van der Waals surface area (Å²) in [5.41, 5.74) is 1.18. The summed E-state index contributed by atoms with van der Waals surface area (Å²) in [6.45, 7) is 8.46. The molecule has 2 heterocycles. The van der Waals surface area contributed by atoms with E-state index in [1.807, 2.05) is 35.2 Å². The average molecular weight is 473 g/mol. The van der Waals surface area contributed by atoms with Gasteiger partial charge in [0.15, 0.2) is 0 Å². The van der Waals surface area contributed by atoms with Gasteiger partial charge in [-0.1, -0.05) is 19.1 Å². The Hall–Kier alpha value is -2.35. The molecular formula is C26H36N2O4S. The molecule has 180 valence electrons. The number of fused-ring (bicyclic) bond motifs is 1. The fourth-order valence-electron chi connectivity index (χ4n) is 4.27. The Balaban J connectivity index is 1.70. The molecule has 1 aromatic carbocycles. The van der Waals surface area contributed by atoms with Gasteiger partial charge in [0.05, 0.1) is 25.8 Å². The number of aliphatic hydroxyl groups excluding tert-OH is 1. The van der Waals surface area contributed by atoms with E-state index in [9.17, 15) is 9.90 Å². The summed E-state index contributed by atoms with van der Waals surface area (Å²) in [6.07, 6.45) is 4.59. The van der Waals surface area contributed by atoms with Crippen molar-refractivity contribution in [1.82, 2.24) is 9.80 Å². The van der Waals surface area contributed by atoms with Crippen LogP contribution in [0.2, 0.25) is 0 Å². The lowest BCUT2D eigenvalue weighted by Gasteiger charge is -2.37. The zero-order chi connectivity index (χ0) is 23.6. The molecule has 1 aliphatic rings. The largest absolute Gasteiger partial charge is 0.497 e. The molecule has 2 atom stereocenters. The van der Waals surface area contributed by atoms with Crippen LogP contribution in [0.5, 0.6) is 11.5 Å². The maximum Gasteiger partial charge on any atom is 0.237 e. The summed E-state index contributed by atoms with van der Waals surface area (Å²) in [5.74, 6) is 1.54. The van der Waals surface area contributed by atoms with Crippen LogP contribution in [0, 0.1) is 0 Å². The third kappa shape index (κ3) is 7.06. The zero-order valence-electron chi connectivity index (χ0n) is 19.7. The molecule has 6 nitrogen and oxygen atoms in total. The van der Waals surface area contributed by atoms with Gasteiger partial charge in [0, 0.05) is 24.0 Å². The number of allylic oxidation sites excluding steroid dienone is 1. The topological polar surface area (TPSA) is 62.2 Å². The second kappa shape index (κ2) is 12.8. The number of methoxy groups -OCH3 is 1. The van der Waals surface area contributed by atoms with E-state index in [4.69, 9.17) is 9.47 Å². The van der Waals surface area contributed by atoms with Gasteiger partial charge in [-0.15, -0.1) is 17.9 Å². The first-order valence-electron chi connectivity index (χ1n) is 11.7. The number of benzene rings is 1. The second-order valence-corrected chi connectivity index (χ2v) is 9.40. The highest BCUT2D eigenvalue weighted by Gasteiger charge is 2.33. The number of thiophene rings is 1. The maximum atomic E-state index is 13.4. The highest BCUT2D eigenvalue weighted by atomic mass is 32.1. The minimum absolute atomic E-state index is 0.0791. The summed E-state index contributed by atoms with van der Waals surface area (Å²) >= 11 is 1.74. The van der Waals surface area contributed by atoms with Crippen molar-refractivity contribution < 1.29 is 19.4 Å². The predicted molar refractivity (Wildman–Crippen MR) is 133 cm³/mol. The summed E-state index contributed by atoms with van der Waals surface area (Å²) in [5, 5.41) is 12.5. The van der Waals surface area contributed by atoms with Gasteiger partial charge in [0.1, 0.15) is 18.1 Å². The number of hydrogen-bond acceptors (Lipinski definition) is 6. The smallest absolute Gasteiger partial charge is 0.237 e. The van der Waals surface area contributed by atoms with E-state index in [0.717, 1.165) is 37.3 Å². The number of carbonyl (C=O) groups excluding carboxylic acids is 1. The molecule has 0 saturated heterocycles. The minimum Gasteiger partial charge on any atom is -0.497 e. The molecule has 1 N–H and O–H groups in total. The molecule has 0 radical (unpaired) electrons. The predicted octanol–water partition coefficient (Wildman–Crippen LogP) is 4.30. The van der Waals surface area contributed by atoms with Crippen molar-refractivity contribution in [1.29, 1.82) is 0 Å². The number of rotatable bonds is 13. The van der Waals surface area contributed by atoms with Gasteiger partial charge in [-0.25, -0.2) is 0 Å². The van der Waals surface area contributed by atoms with E-state index >= 15 is 0 Å². The van der Waals surface area contributed by atoms with Crippen molar-refractivity contribution in [2.45, 2.75) is 44.8 Å². The summed E-state index contributed by atoms with van der Waals surface area (Å²) in [7, 11) is 1.63. The van der Waals surface area contributed by atoms with Crippen LogP contribution in [-0.2, 0) is 11.2 Å². The second-order valence-electron chi connectivity index (χ2n) is 8.40. The number of carbonyl (C=O) groups is 1. The van der Waals surface area contributed by atoms with E-state index in [1.165, 1.54) is 10.4 Å². The molecule has 0 spiro atoms. The van der Waals surface area contributed by atoms with Gasteiger partial charge in [0.2, 0.25) is 5.91 Å². The van der Waals surface area contributed by atoms with Gasteiger partial charge >= 0.3 is 0 Å². The standard InChI is InChI=1S/C26H36N2O4S/c1-4-6-8-20(29)17-27(13-5-2)18-26(30)28-14-11-25-23(12-15-33-25)24(28)19-32-22-10-7-9-21(16-22)31-3/h4,7,9-10,12,15-16,20,24,29H,1,5-6,8,11,13-14,17-19H2,2-3H3/t20-,24+/m0/s1. The van der Waals surface area contributed by atoms with Gasteiger partial charge in [-0.3, -0.25) is 9.69 Å². The van der Waals surface area contributed by atoms with Crippen LogP contribution in [0.25, 0.3) is 0 Å². The van der Waals surface area contributed by atoms with Crippen LogP contribution in [0.3, 0.4) is 0 Å². The quantitative estimate of drug-likeness (QED) is 0.441. The first-order valence-corrected chi connectivity index (χ1v) is 12.6. The van der Waals surface area contributed by atoms with Crippen molar-refractivity contribution >= 4 is 17.2 Å². The summed E-state index contributed by atoms with van der Waals surface area (Å²) in [6, 6.07) is 9.52. The Morgan fingerprint density at radius 2 is 2.21 bits per heavy atom. The Morgan fingerprint density at radius 3 is 2.97 bits per heavy atom. The number of hydrogen-bond donors (Lipinski definition) is 1. The lowest BCUT2D eigenvalue weighted by molar-refractivity contribution is -0.136. The summed E-state index contributed by atoms with van der Waals surface area (Å²) in [4.78, 5) is 18.8. The summed E-state index contributed by atoms with van der Waals surface area (Å²) < 4.78 is 11.4. The van der Waals surface area contributed by atoms with Gasteiger partial charge in [-0.2, -0.15) is 0 Å². The monoisotopic (exact) mass is 472 g/mol. The van der Waals surface area contributed by atoms with Crippen molar-refractivity contribution in [3.63, 3.8) is 0 Å². The van der Waals surface area contributed by atoms with E-state index in [0.29, 0.717) is 32.7 Å². The molecule has 1 amide bonds. The molecule has 2 aromatic rings. The molecule has 3 rings (SSSR count). The first-order chi connectivity index (χ1) is 16.0. The highest BCUT2D eigenvalue weighted by Crippen LogP contribution is 2.34. The van der Waals surface area contributed by atoms with Gasteiger partial charge in [0.25, 0.3) is 0 Å². The van der Waals surface area contributed by atoms with E-state index in [-0.39, 0.29) is 11.9 Å². The maximum absolute atomic E-state index is 13.4. The Labute approximate surface area is 201 Å². The minimum atomic E-state index is -0.459. The van der Waals surface area contributed by atoms with Crippen LogP contribution in [-0.4, -0.2) is 66.8 Å². The molecular weight excluding hydrogens is 436 g/mol. The van der Waals surface area contributed by atoms with Gasteiger partial charge < -0.3 is 19.5 Å². The van der Waals surface area contributed by atoms with Crippen molar-refractivity contribution in [2.24, 2.45) is 0 Å². The first kappa shape index (κ1) is 25.3. The van der Waals surface area contributed by atoms with Crippen molar-refractivity contribution in [3.05, 3.63) is 58.8 Å². The van der Waals surface area contributed by atoms with Crippen molar-refractivity contribution in [3.8, 4) is 11.5 Å². The molecule has 0 unspecified atom stereocenters.